The standard InChI is InChI=1S/C12H5ClF3N5/c13-11-18-10(6-3-7(14)9(16)8(15)4-6)19-12(20-11)21-2-1-17-5-21/h1-5H. The quantitative estimate of drug-likeness (QED) is 0.683. The summed E-state index contributed by atoms with van der Waals surface area (Å²) in [6.07, 6.45) is 4.47. The normalized spacial score (nSPS) is 10.9. The molecule has 0 fully saturated rings. The number of aromatic nitrogens is 5. The highest BCUT2D eigenvalue weighted by atomic mass is 35.5. The largest absolute Gasteiger partial charge is 0.274 e. The third-order valence-electron chi connectivity index (χ3n) is 2.57. The van der Waals surface area contributed by atoms with Crippen molar-refractivity contribution in [3.8, 4) is 17.3 Å². The van der Waals surface area contributed by atoms with Crippen LogP contribution in [-0.2, 0) is 0 Å². The van der Waals surface area contributed by atoms with Gasteiger partial charge in [0.05, 0.1) is 0 Å². The van der Waals surface area contributed by atoms with Crippen molar-refractivity contribution in [2.45, 2.75) is 0 Å². The minimum absolute atomic E-state index is 0.0583. The van der Waals surface area contributed by atoms with Gasteiger partial charge in [-0.2, -0.15) is 15.0 Å². The van der Waals surface area contributed by atoms with Crippen molar-refractivity contribution in [1.29, 1.82) is 0 Å². The Morgan fingerprint density at radius 3 is 2.33 bits per heavy atom. The lowest BCUT2D eigenvalue weighted by atomic mass is 10.2. The Hall–Kier alpha value is -2.48. The number of rotatable bonds is 2. The fourth-order valence-corrected chi connectivity index (χ4v) is 1.80. The van der Waals surface area contributed by atoms with E-state index in [1.54, 1.807) is 6.20 Å². The maximum Gasteiger partial charge on any atom is 0.239 e. The summed E-state index contributed by atoms with van der Waals surface area (Å²) in [4.78, 5) is 15.5. The summed E-state index contributed by atoms with van der Waals surface area (Å²) >= 11 is 5.77. The third-order valence-corrected chi connectivity index (χ3v) is 2.74. The molecule has 5 nitrogen and oxygen atoms in total. The fraction of sp³-hybridized carbons (Fsp3) is 0. The van der Waals surface area contributed by atoms with E-state index in [0.29, 0.717) is 0 Å². The van der Waals surface area contributed by atoms with Gasteiger partial charge in [-0.05, 0) is 23.7 Å². The molecular weight excluding hydrogens is 307 g/mol. The molecule has 0 N–H and O–H groups in total. The van der Waals surface area contributed by atoms with Gasteiger partial charge in [-0.25, -0.2) is 18.2 Å². The fourth-order valence-electron chi connectivity index (χ4n) is 1.65. The van der Waals surface area contributed by atoms with Gasteiger partial charge in [0.2, 0.25) is 11.2 Å². The molecule has 106 valence electrons. The predicted octanol–water partition coefficient (Wildman–Crippen LogP) is 2.79. The van der Waals surface area contributed by atoms with E-state index in [1.807, 2.05) is 0 Å². The molecule has 0 saturated carbocycles. The number of imidazole rings is 1. The SMILES string of the molecule is Fc1cc(-c2nc(Cl)nc(-n3ccnc3)n2)cc(F)c1F. The zero-order valence-corrected chi connectivity index (χ0v) is 10.9. The molecule has 1 aromatic carbocycles. The zero-order valence-electron chi connectivity index (χ0n) is 10.1. The smallest absolute Gasteiger partial charge is 0.239 e. The van der Waals surface area contributed by atoms with Crippen LogP contribution in [0.1, 0.15) is 0 Å². The topological polar surface area (TPSA) is 56.5 Å². The summed E-state index contributed by atoms with van der Waals surface area (Å²) in [7, 11) is 0. The maximum absolute atomic E-state index is 13.3. The predicted molar refractivity (Wildman–Crippen MR) is 67.3 cm³/mol. The molecule has 0 saturated heterocycles. The third kappa shape index (κ3) is 2.57. The lowest BCUT2D eigenvalue weighted by Gasteiger charge is -2.05. The molecule has 0 unspecified atom stereocenters. The first-order chi connectivity index (χ1) is 10.0. The summed E-state index contributed by atoms with van der Waals surface area (Å²) in [6.45, 7) is 0. The van der Waals surface area contributed by atoms with Gasteiger partial charge in [0, 0.05) is 18.0 Å². The molecule has 0 aliphatic heterocycles. The van der Waals surface area contributed by atoms with Crippen molar-refractivity contribution in [1.82, 2.24) is 24.5 Å². The monoisotopic (exact) mass is 311 g/mol. The Labute approximate surface area is 121 Å². The van der Waals surface area contributed by atoms with E-state index in [2.05, 4.69) is 19.9 Å². The van der Waals surface area contributed by atoms with Crippen LogP contribution in [0.3, 0.4) is 0 Å². The molecule has 21 heavy (non-hydrogen) atoms. The lowest BCUT2D eigenvalue weighted by Crippen LogP contribution is -2.03. The van der Waals surface area contributed by atoms with E-state index < -0.39 is 17.5 Å². The molecule has 0 amide bonds. The number of nitrogens with zero attached hydrogens (tertiary/aromatic N) is 5. The molecule has 2 heterocycles. The maximum atomic E-state index is 13.3. The Balaban J connectivity index is 2.15. The van der Waals surface area contributed by atoms with Crippen molar-refractivity contribution in [2.24, 2.45) is 0 Å². The minimum Gasteiger partial charge on any atom is -0.274 e. The molecule has 0 spiro atoms. The highest BCUT2D eigenvalue weighted by Crippen LogP contribution is 2.22. The molecular formula is C12H5ClF3N5. The molecule has 9 heteroatoms. The van der Waals surface area contributed by atoms with Crippen LogP contribution < -0.4 is 0 Å². The van der Waals surface area contributed by atoms with Crippen LogP contribution in [0.25, 0.3) is 17.3 Å². The minimum atomic E-state index is -1.56. The number of benzene rings is 1. The van der Waals surface area contributed by atoms with Gasteiger partial charge >= 0.3 is 0 Å². The van der Waals surface area contributed by atoms with E-state index in [-0.39, 0.29) is 22.6 Å². The number of hydrogen-bond acceptors (Lipinski definition) is 4. The van der Waals surface area contributed by atoms with Crippen molar-refractivity contribution in [2.75, 3.05) is 0 Å². The van der Waals surface area contributed by atoms with Crippen LogP contribution in [-0.4, -0.2) is 24.5 Å². The van der Waals surface area contributed by atoms with Gasteiger partial charge in [-0.3, -0.25) is 4.57 Å². The van der Waals surface area contributed by atoms with Crippen LogP contribution in [0, 0.1) is 17.5 Å². The van der Waals surface area contributed by atoms with Crippen LogP contribution in [0.15, 0.2) is 30.9 Å². The number of halogens is 4. The van der Waals surface area contributed by atoms with Crippen LogP contribution in [0.5, 0.6) is 0 Å². The summed E-state index contributed by atoms with van der Waals surface area (Å²) in [6, 6.07) is 1.56. The van der Waals surface area contributed by atoms with Gasteiger partial charge < -0.3 is 0 Å². The molecule has 0 aliphatic rings. The second-order valence-corrected chi connectivity index (χ2v) is 4.29. The van der Waals surface area contributed by atoms with Crippen LogP contribution >= 0.6 is 11.6 Å². The van der Waals surface area contributed by atoms with E-state index >= 15 is 0 Å². The second kappa shape index (κ2) is 5.13. The van der Waals surface area contributed by atoms with Gasteiger partial charge in [-0.15, -0.1) is 0 Å². The molecule has 3 aromatic rings. The van der Waals surface area contributed by atoms with E-state index in [4.69, 9.17) is 11.6 Å². The average Bonchev–Trinajstić information content (AvgIpc) is 2.97. The van der Waals surface area contributed by atoms with Gasteiger partial charge in [0.15, 0.2) is 23.3 Å². The summed E-state index contributed by atoms with van der Waals surface area (Å²) in [5, 5.41) is -0.172. The summed E-state index contributed by atoms with van der Waals surface area (Å²) < 4.78 is 40.9. The van der Waals surface area contributed by atoms with E-state index in [0.717, 1.165) is 12.1 Å². The molecule has 0 atom stereocenters. The number of hydrogen-bond donors (Lipinski definition) is 0. The van der Waals surface area contributed by atoms with Crippen molar-refractivity contribution >= 4 is 11.6 Å². The molecule has 0 aliphatic carbocycles. The molecule has 2 aromatic heterocycles. The van der Waals surface area contributed by atoms with Crippen LogP contribution in [0.4, 0.5) is 13.2 Å². The highest BCUT2D eigenvalue weighted by molar-refractivity contribution is 6.28. The Kier molecular flexibility index (Phi) is 3.30. The average molecular weight is 312 g/mol. The molecule has 0 radical (unpaired) electrons. The molecule has 0 bridgehead atoms. The summed E-state index contributed by atoms with van der Waals surface area (Å²) in [5.74, 6) is -4.21. The first-order valence-electron chi connectivity index (χ1n) is 5.59. The van der Waals surface area contributed by atoms with Gasteiger partial charge in [0.25, 0.3) is 0 Å². The zero-order chi connectivity index (χ0) is 15.0. The van der Waals surface area contributed by atoms with Gasteiger partial charge in [0.1, 0.15) is 6.33 Å². The van der Waals surface area contributed by atoms with Crippen molar-refractivity contribution in [3.05, 3.63) is 53.6 Å². The van der Waals surface area contributed by atoms with Crippen molar-refractivity contribution < 1.29 is 13.2 Å². The van der Waals surface area contributed by atoms with Crippen molar-refractivity contribution in [3.63, 3.8) is 0 Å². The lowest BCUT2D eigenvalue weighted by molar-refractivity contribution is 0.447. The van der Waals surface area contributed by atoms with E-state index in [9.17, 15) is 13.2 Å². The van der Waals surface area contributed by atoms with Gasteiger partial charge in [-0.1, -0.05) is 0 Å². The van der Waals surface area contributed by atoms with Crippen LogP contribution in [0.2, 0.25) is 5.28 Å². The first-order valence-corrected chi connectivity index (χ1v) is 5.97. The Bertz CT molecular complexity index is 784. The first kappa shape index (κ1) is 13.5. The summed E-state index contributed by atoms with van der Waals surface area (Å²) in [5.41, 5.74) is -0.0583. The van der Waals surface area contributed by atoms with E-state index in [1.165, 1.54) is 17.1 Å². The second-order valence-electron chi connectivity index (χ2n) is 3.95. The highest BCUT2D eigenvalue weighted by Gasteiger charge is 2.15. The molecule has 3 rings (SSSR count). The Morgan fingerprint density at radius 2 is 1.71 bits per heavy atom. The Morgan fingerprint density at radius 1 is 1.00 bits per heavy atom.